The highest BCUT2D eigenvalue weighted by Crippen LogP contribution is 2.56. The molecule has 0 aromatic carbocycles. The summed E-state index contributed by atoms with van der Waals surface area (Å²) in [5, 5.41) is 0. The van der Waals surface area contributed by atoms with Crippen molar-refractivity contribution in [3.8, 4) is 0 Å². The van der Waals surface area contributed by atoms with E-state index in [1.807, 2.05) is 0 Å². The molecule has 0 aliphatic heterocycles. The van der Waals surface area contributed by atoms with Crippen molar-refractivity contribution in [3.63, 3.8) is 0 Å². The summed E-state index contributed by atoms with van der Waals surface area (Å²) in [6.45, 7) is 3.26. The van der Waals surface area contributed by atoms with E-state index in [-0.39, 0.29) is 6.92 Å². The van der Waals surface area contributed by atoms with E-state index in [9.17, 15) is 39.5 Å². The van der Waals surface area contributed by atoms with Crippen LogP contribution < -0.4 is 0 Å². The topological polar surface area (TPSA) is 9.23 Å². The molecule has 0 aromatic heterocycles. The average Bonchev–Trinajstić information content (AvgIpc) is 2.25. The minimum atomic E-state index is -6.59. The second kappa shape index (κ2) is 5.88. The Morgan fingerprint density at radius 1 is 0.773 bits per heavy atom. The fourth-order valence-corrected chi connectivity index (χ4v) is 3.94. The molecular formula is C11H17F9OSi. The molecule has 0 N–H and O–H groups in total. The van der Waals surface area contributed by atoms with E-state index in [4.69, 9.17) is 0 Å². The van der Waals surface area contributed by atoms with Crippen molar-refractivity contribution < 1.29 is 43.9 Å². The first-order valence-corrected chi connectivity index (χ1v) is 9.10. The second-order valence-electron chi connectivity index (χ2n) is 5.64. The molecule has 1 atom stereocenters. The first kappa shape index (κ1) is 21.5. The molecule has 0 aliphatic carbocycles. The van der Waals surface area contributed by atoms with Gasteiger partial charge in [0.2, 0.25) is 0 Å². The molecule has 0 radical (unpaired) electrons. The van der Waals surface area contributed by atoms with Gasteiger partial charge in [-0.05, 0) is 33.9 Å². The minimum Gasteiger partial charge on any atom is -0.408 e. The van der Waals surface area contributed by atoms with Crippen LogP contribution in [0.3, 0.4) is 0 Å². The third kappa shape index (κ3) is 3.10. The lowest BCUT2D eigenvalue weighted by Gasteiger charge is -2.42. The van der Waals surface area contributed by atoms with Crippen molar-refractivity contribution in [1.29, 1.82) is 0 Å². The minimum absolute atomic E-state index is 0.116. The molecule has 0 aliphatic rings. The molecule has 1 unspecified atom stereocenters. The Hall–Kier alpha value is -0.453. The maximum Gasteiger partial charge on any atom is 0.380 e. The monoisotopic (exact) mass is 364 g/mol. The van der Waals surface area contributed by atoms with Gasteiger partial charge in [-0.15, -0.1) is 0 Å². The Kier molecular flexibility index (Phi) is 5.76. The molecule has 0 aromatic rings. The standard InChI is InChI=1S/C11H17F9OSi/c1-6(2)21-22(4,5)11(19,20)10(17,18)9(15,16)8(13,14)7(3)12/h6-7H,1-5H3. The van der Waals surface area contributed by atoms with Crippen LogP contribution in [0.1, 0.15) is 20.8 Å². The van der Waals surface area contributed by atoms with E-state index in [1.165, 1.54) is 13.8 Å². The number of alkyl halides is 9. The van der Waals surface area contributed by atoms with E-state index in [1.54, 1.807) is 0 Å². The molecule has 0 amide bonds. The normalized spacial score (nSPS) is 17.0. The molecule has 11 heteroatoms. The largest absolute Gasteiger partial charge is 0.408 e. The van der Waals surface area contributed by atoms with Gasteiger partial charge in [-0.1, -0.05) is 0 Å². The van der Waals surface area contributed by atoms with Crippen LogP contribution in [-0.4, -0.2) is 43.9 Å². The molecule has 0 bridgehead atoms. The zero-order valence-corrected chi connectivity index (χ0v) is 13.5. The van der Waals surface area contributed by atoms with Crippen molar-refractivity contribution >= 4 is 8.32 Å². The van der Waals surface area contributed by atoms with Gasteiger partial charge >= 0.3 is 23.3 Å². The first-order valence-electron chi connectivity index (χ1n) is 6.19. The summed E-state index contributed by atoms with van der Waals surface area (Å²) in [5.41, 5.74) is -5.56. The maximum atomic E-state index is 13.9. The van der Waals surface area contributed by atoms with Crippen molar-refractivity contribution in [1.82, 2.24) is 0 Å². The summed E-state index contributed by atoms with van der Waals surface area (Å²) in [5.74, 6) is -19.1. The fraction of sp³-hybridized carbons (Fsp3) is 1.00. The maximum absolute atomic E-state index is 13.9. The van der Waals surface area contributed by atoms with E-state index >= 15 is 0 Å². The van der Waals surface area contributed by atoms with Crippen LogP contribution in [0.4, 0.5) is 39.5 Å². The molecule has 0 fully saturated rings. The van der Waals surface area contributed by atoms with Crippen LogP contribution >= 0.6 is 0 Å². The summed E-state index contributed by atoms with van der Waals surface area (Å²) in [6.07, 6.45) is -4.77. The molecule has 22 heavy (non-hydrogen) atoms. The van der Waals surface area contributed by atoms with Gasteiger partial charge in [-0.25, -0.2) is 13.2 Å². The highest BCUT2D eigenvalue weighted by molar-refractivity contribution is 6.74. The van der Waals surface area contributed by atoms with Crippen molar-refractivity contribution in [2.45, 2.75) is 69.5 Å². The number of hydrogen-bond donors (Lipinski definition) is 0. The van der Waals surface area contributed by atoms with E-state index < -0.39 is 43.9 Å². The van der Waals surface area contributed by atoms with Gasteiger partial charge in [0.25, 0.3) is 8.32 Å². The zero-order valence-electron chi connectivity index (χ0n) is 12.5. The Morgan fingerprint density at radius 2 is 1.14 bits per heavy atom. The van der Waals surface area contributed by atoms with Crippen LogP contribution in [0.5, 0.6) is 0 Å². The molecule has 0 heterocycles. The van der Waals surface area contributed by atoms with Crippen molar-refractivity contribution in [3.05, 3.63) is 0 Å². The number of rotatable bonds is 7. The third-order valence-electron chi connectivity index (χ3n) is 2.99. The molecule has 0 saturated carbocycles. The molecule has 0 rings (SSSR count). The van der Waals surface area contributed by atoms with Gasteiger partial charge in [-0.3, -0.25) is 0 Å². The lowest BCUT2D eigenvalue weighted by molar-refractivity contribution is -0.361. The number of halogens is 9. The average molecular weight is 364 g/mol. The first-order chi connectivity index (χ1) is 9.36. The van der Waals surface area contributed by atoms with Gasteiger partial charge in [0.05, 0.1) is 0 Å². The van der Waals surface area contributed by atoms with Crippen LogP contribution in [-0.2, 0) is 4.43 Å². The van der Waals surface area contributed by atoms with E-state index in [2.05, 4.69) is 4.43 Å². The fourth-order valence-electron chi connectivity index (χ4n) is 1.70. The van der Waals surface area contributed by atoms with Crippen LogP contribution in [0.2, 0.25) is 13.1 Å². The smallest absolute Gasteiger partial charge is 0.380 e. The summed E-state index contributed by atoms with van der Waals surface area (Å²) >= 11 is 0. The van der Waals surface area contributed by atoms with Gasteiger partial charge in [0, 0.05) is 6.10 Å². The Labute approximate surface area is 122 Å². The van der Waals surface area contributed by atoms with E-state index in [0.29, 0.717) is 13.1 Å². The predicted octanol–water partition coefficient (Wildman–Crippen LogP) is 5.05. The Balaban J connectivity index is 5.99. The molecule has 0 saturated heterocycles. The summed E-state index contributed by atoms with van der Waals surface area (Å²) < 4.78 is 125. The summed E-state index contributed by atoms with van der Waals surface area (Å²) in [7, 11) is -4.87. The van der Waals surface area contributed by atoms with Crippen molar-refractivity contribution in [2.75, 3.05) is 0 Å². The quantitative estimate of drug-likeness (QED) is 0.454. The SMILES string of the molecule is CC(C)O[Si](C)(C)C(F)(F)C(F)(F)C(F)(F)C(F)(F)C(C)F. The predicted molar refractivity (Wildman–Crippen MR) is 64.1 cm³/mol. The van der Waals surface area contributed by atoms with E-state index in [0.717, 1.165) is 0 Å². The van der Waals surface area contributed by atoms with Gasteiger partial charge in [0.15, 0.2) is 6.17 Å². The molecule has 0 spiro atoms. The summed E-state index contributed by atoms with van der Waals surface area (Å²) in [4.78, 5) is 0. The van der Waals surface area contributed by atoms with Crippen LogP contribution in [0.15, 0.2) is 0 Å². The molecule has 134 valence electrons. The lowest BCUT2D eigenvalue weighted by Crippen LogP contribution is -2.71. The zero-order chi connectivity index (χ0) is 18.4. The van der Waals surface area contributed by atoms with Gasteiger partial charge in [-0.2, -0.15) is 26.3 Å². The van der Waals surface area contributed by atoms with Gasteiger partial charge < -0.3 is 4.43 Å². The Morgan fingerprint density at radius 3 is 1.41 bits per heavy atom. The number of hydrogen-bond acceptors (Lipinski definition) is 1. The highest BCUT2D eigenvalue weighted by atomic mass is 28.4. The lowest BCUT2D eigenvalue weighted by atomic mass is 10.0. The Bertz CT molecular complexity index is 393. The van der Waals surface area contributed by atoms with Crippen LogP contribution in [0, 0.1) is 0 Å². The van der Waals surface area contributed by atoms with Gasteiger partial charge in [0.1, 0.15) is 0 Å². The third-order valence-corrected chi connectivity index (χ3v) is 5.88. The molecular weight excluding hydrogens is 347 g/mol. The molecule has 1 nitrogen and oxygen atoms in total. The highest BCUT2D eigenvalue weighted by Gasteiger charge is 2.85. The second-order valence-corrected chi connectivity index (χ2v) is 9.52. The van der Waals surface area contributed by atoms with Crippen LogP contribution in [0.25, 0.3) is 0 Å². The summed E-state index contributed by atoms with van der Waals surface area (Å²) in [6, 6.07) is 0. The van der Waals surface area contributed by atoms with Crippen molar-refractivity contribution in [2.24, 2.45) is 0 Å².